The summed E-state index contributed by atoms with van der Waals surface area (Å²) in [5, 5.41) is 0. The first kappa shape index (κ1) is 12.5. The molecule has 104 valence electrons. The van der Waals surface area contributed by atoms with Crippen LogP contribution in [0.5, 0.6) is 0 Å². The largest absolute Gasteiger partial charge is 0.464 e. The molecule has 2 aliphatic rings. The molecule has 1 aliphatic carbocycles. The molecular formula is C13H20N4O2. The summed E-state index contributed by atoms with van der Waals surface area (Å²) in [6, 6.07) is 1.10. The van der Waals surface area contributed by atoms with Crippen molar-refractivity contribution in [3.05, 3.63) is 11.5 Å². The topological polar surface area (TPSA) is 73.4 Å². The molecule has 0 amide bonds. The SMILES string of the molecule is COC(=O)c1nc(C)n(C2CCN(C3CC3)C2)c1N. The summed E-state index contributed by atoms with van der Waals surface area (Å²) in [4.78, 5) is 18.4. The Kier molecular flexibility index (Phi) is 2.97. The number of carbonyl (C=O) groups excluding carboxylic acids is 1. The molecule has 1 saturated heterocycles. The van der Waals surface area contributed by atoms with E-state index in [0.717, 1.165) is 31.4 Å². The van der Waals surface area contributed by atoms with Crippen LogP contribution in [0.3, 0.4) is 0 Å². The summed E-state index contributed by atoms with van der Waals surface area (Å²) in [7, 11) is 1.35. The van der Waals surface area contributed by atoms with E-state index in [9.17, 15) is 4.79 Å². The van der Waals surface area contributed by atoms with Gasteiger partial charge in [-0.1, -0.05) is 0 Å². The van der Waals surface area contributed by atoms with Crippen LogP contribution in [-0.2, 0) is 4.74 Å². The number of nitrogen functional groups attached to an aromatic ring is 1. The summed E-state index contributed by atoms with van der Waals surface area (Å²) in [5.74, 6) is 0.768. The number of anilines is 1. The van der Waals surface area contributed by atoms with Crippen molar-refractivity contribution in [1.82, 2.24) is 14.5 Å². The molecule has 1 saturated carbocycles. The highest BCUT2D eigenvalue weighted by molar-refractivity contribution is 5.92. The number of hydrogen-bond acceptors (Lipinski definition) is 5. The molecule has 19 heavy (non-hydrogen) atoms. The molecule has 0 spiro atoms. The number of rotatable bonds is 3. The number of methoxy groups -OCH3 is 1. The van der Waals surface area contributed by atoms with E-state index >= 15 is 0 Å². The quantitative estimate of drug-likeness (QED) is 0.823. The third-order valence-electron chi connectivity index (χ3n) is 4.13. The Hall–Kier alpha value is -1.56. The molecule has 1 aromatic rings. The van der Waals surface area contributed by atoms with E-state index in [2.05, 4.69) is 9.88 Å². The number of esters is 1. The molecule has 2 N–H and O–H groups in total. The van der Waals surface area contributed by atoms with Gasteiger partial charge in [-0.2, -0.15) is 0 Å². The third-order valence-corrected chi connectivity index (χ3v) is 4.13. The maximum absolute atomic E-state index is 11.6. The predicted octanol–water partition coefficient (Wildman–Crippen LogP) is 0.970. The van der Waals surface area contributed by atoms with Gasteiger partial charge >= 0.3 is 5.97 Å². The summed E-state index contributed by atoms with van der Waals surface area (Å²) >= 11 is 0. The van der Waals surface area contributed by atoms with Crippen molar-refractivity contribution in [2.75, 3.05) is 25.9 Å². The maximum Gasteiger partial charge on any atom is 0.360 e. The van der Waals surface area contributed by atoms with Crippen LogP contribution < -0.4 is 5.73 Å². The second-order valence-corrected chi connectivity index (χ2v) is 5.42. The molecule has 1 atom stereocenters. The fraction of sp³-hybridized carbons (Fsp3) is 0.692. The zero-order chi connectivity index (χ0) is 13.6. The molecule has 6 nitrogen and oxygen atoms in total. The monoisotopic (exact) mass is 264 g/mol. The first-order valence-electron chi connectivity index (χ1n) is 6.78. The van der Waals surface area contributed by atoms with Gasteiger partial charge in [-0.25, -0.2) is 9.78 Å². The van der Waals surface area contributed by atoms with Crippen LogP contribution in [0.2, 0.25) is 0 Å². The molecule has 1 unspecified atom stereocenters. The molecule has 3 rings (SSSR count). The Morgan fingerprint density at radius 1 is 1.37 bits per heavy atom. The van der Waals surface area contributed by atoms with E-state index in [1.54, 1.807) is 0 Å². The predicted molar refractivity (Wildman–Crippen MR) is 71.0 cm³/mol. The molecule has 0 radical (unpaired) electrons. The van der Waals surface area contributed by atoms with Crippen molar-refractivity contribution in [2.45, 2.75) is 38.3 Å². The van der Waals surface area contributed by atoms with Crippen molar-refractivity contribution >= 4 is 11.8 Å². The first-order chi connectivity index (χ1) is 9.11. The molecule has 0 bridgehead atoms. The van der Waals surface area contributed by atoms with Gasteiger partial charge in [0.1, 0.15) is 11.6 Å². The normalized spacial score (nSPS) is 23.8. The van der Waals surface area contributed by atoms with Crippen LogP contribution in [0, 0.1) is 6.92 Å². The Morgan fingerprint density at radius 3 is 2.74 bits per heavy atom. The third kappa shape index (κ3) is 2.10. The number of aromatic nitrogens is 2. The summed E-state index contributed by atoms with van der Waals surface area (Å²) in [6.07, 6.45) is 3.70. The maximum atomic E-state index is 11.6. The van der Waals surface area contributed by atoms with Crippen LogP contribution >= 0.6 is 0 Å². The van der Waals surface area contributed by atoms with Crippen LogP contribution in [0.4, 0.5) is 5.82 Å². The Bertz CT molecular complexity index is 507. The highest BCUT2D eigenvalue weighted by atomic mass is 16.5. The lowest BCUT2D eigenvalue weighted by molar-refractivity contribution is 0.0595. The molecular weight excluding hydrogens is 244 g/mol. The van der Waals surface area contributed by atoms with E-state index in [4.69, 9.17) is 10.5 Å². The number of likely N-dealkylation sites (tertiary alicyclic amines) is 1. The van der Waals surface area contributed by atoms with Crippen molar-refractivity contribution in [3.63, 3.8) is 0 Å². The summed E-state index contributed by atoms with van der Waals surface area (Å²) in [5.41, 5.74) is 6.32. The number of nitrogens with two attached hydrogens (primary N) is 1. The van der Waals surface area contributed by atoms with E-state index < -0.39 is 5.97 Å². The van der Waals surface area contributed by atoms with Gasteiger partial charge in [0, 0.05) is 19.1 Å². The Balaban J connectivity index is 1.84. The zero-order valence-corrected chi connectivity index (χ0v) is 11.4. The second kappa shape index (κ2) is 4.52. The van der Waals surface area contributed by atoms with Gasteiger partial charge < -0.3 is 15.0 Å². The Labute approximate surface area is 112 Å². The van der Waals surface area contributed by atoms with E-state index in [-0.39, 0.29) is 5.69 Å². The van der Waals surface area contributed by atoms with Crippen molar-refractivity contribution in [3.8, 4) is 0 Å². The van der Waals surface area contributed by atoms with E-state index in [1.807, 2.05) is 11.5 Å². The van der Waals surface area contributed by atoms with Gasteiger partial charge in [0.15, 0.2) is 5.69 Å². The summed E-state index contributed by atoms with van der Waals surface area (Å²) < 4.78 is 6.71. The highest BCUT2D eigenvalue weighted by Gasteiger charge is 2.36. The standard InChI is InChI=1S/C13H20N4O2/c1-8-15-11(13(18)19-2)12(14)17(8)10-5-6-16(7-10)9-3-4-9/h9-10H,3-7,14H2,1-2H3. The van der Waals surface area contributed by atoms with Gasteiger partial charge in [0.2, 0.25) is 0 Å². The van der Waals surface area contributed by atoms with Gasteiger partial charge in [-0.3, -0.25) is 4.90 Å². The number of imidazole rings is 1. The average molecular weight is 264 g/mol. The molecule has 1 aliphatic heterocycles. The van der Waals surface area contributed by atoms with Crippen LogP contribution in [0.25, 0.3) is 0 Å². The number of nitrogens with zero attached hydrogens (tertiary/aromatic N) is 3. The minimum absolute atomic E-state index is 0.241. The lowest BCUT2D eigenvalue weighted by atomic mass is 10.2. The molecule has 0 aromatic carbocycles. The lowest BCUT2D eigenvalue weighted by Crippen LogP contribution is -2.24. The van der Waals surface area contributed by atoms with Crippen LogP contribution in [0.1, 0.15) is 41.6 Å². The average Bonchev–Trinajstić information content (AvgIpc) is 3.07. The molecule has 1 aromatic heterocycles. The van der Waals surface area contributed by atoms with Crippen LogP contribution in [-0.4, -0.2) is 46.7 Å². The van der Waals surface area contributed by atoms with E-state index in [0.29, 0.717) is 11.9 Å². The number of ether oxygens (including phenoxy) is 1. The van der Waals surface area contributed by atoms with Gasteiger partial charge in [0.05, 0.1) is 13.2 Å². The van der Waals surface area contributed by atoms with Gasteiger partial charge in [-0.05, 0) is 26.2 Å². The first-order valence-corrected chi connectivity index (χ1v) is 6.78. The van der Waals surface area contributed by atoms with Crippen LogP contribution in [0.15, 0.2) is 0 Å². The Morgan fingerprint density at radius 2 is 2.11 bits per heavy atom. The second-order valence-electron chi connectivity index (χ2n) is 5.42. The number of hydrogen-bond donors (Lipinski definition) is 1. The summed E-state index contributed by atoms with van der Waals surface area (Å²) in [6.45, 7) is 4.01. The van der Waals surface area contributed by atoms with Crippen molar-refractivity contribution in [1.29, 1.82) is 0 Å². The minimum Gasteiger partial charge on any atom is -0.464 e. The molecule has 2 fully saturated rings. The minimum atomic E-state index is -0.462. The van der Waals surface area contributed by atoms with E-state index in [1.165, 1.54) is 20.0 Å². The fourth-order valence-corrected chi connectivity index (χ4v) is 3.02. The zero-order valence-electron chi connectivity index (χ0n) is 11.4. The lowest BCUT2D eigenvalue weighted by Gasteiger charge is -2.17. The number of aryl methyl sites for hydroxylation is 1. The fourth-order valence-electron chi connectivity index (χ4n) is 3.02. The van der Waals surface area contributed by atoms with Crippen molar-refractivity contribution in [2.24, 2.45) is 0 Å². The molecule has 2 heterocycles. The molecule has 6 heteroatoms. The highest BCUT2D eigenvalue weighted by Crippen LogP contribution is 2.35. The smallest absolute Gasteiger partial charge is 0.360 e. The van der Waals surface area contributed by atoms with Gasteiger partial charge in [0.25, 0.3) is 0 Å². The van der Waals surface area contributed by atoms with Gasteiger partial charge in [-0.15, -0.1) is 0 Å². The van der Waals surface area contributed by atoms with Crippen molar-refractivity contribution < 1.29 is 9.53 Å². The number of carbonyl (C=O) groups is 1.